The lowest BCUT2D eigenvalue weighted by Gasteiger charge is -2.39. The minimum Gasteiger partial charge on any atom is -0.370 e. The summed E-state index contributed by atoms with van der Waals surface area (Å²) in [6.07, 6.45) is 0. The standard InChI is InChI=1S/C12H18N3O3/c13-5-6-15(7-9-18-10-8-15)12-4-2-1-3-11(12)14(16)17/h1-4H,5-10,13H2/q+1. The molecule has 6 nitrogen and oxygen atoms in total. The molecule has 1 heterocycles. The number of rotatable bonds is 4. The van der Waals surface area contributed by atoms with Gasteiger partial charge in [0.05, 0.1) is 24.7 Å². The molecule has 1 aliphatic heterocycles. The second-order valence-electron chi connectivity index (χ2n) is 4.46. The van der Waals surface area contributed by atoms with Crippen LogP contribution in [-0.4, -0.2) is 44.3 Å². The van der Waals surface area contributed by atoms with Crippen molar-refractivity contribution in [3.05, 3.63) is 34.4 Å². The summed E-state index contributed by atoms with van der Waals surface area (Å²) in [5.74, 6) is 0. The van der Waals surface area contributed by atoms with Gasteiger partial charge in [-0.25, -0.2) is 0 Å². The molecule has 0 unspecified atom stereocenters. The number of ether oxygens (including phenoxy) is 1. The summed E-state index contributed by atoms with van der Waals surface area (Å²) < 4.78 is 5.92. The van der Waals surface area contributed by atoms with Crippen molar-refractivity contribution in [1.82, 2.24) is 4.48 Å². The van der Waals surface area contributed by atoms with E-state index in [2.05, 4.69) is 0 Å². The number of nitro groups is 1. The lowest BCUT2D eigenvalue weighted by Crippen LogP contribution is -2.58. The minimum absolute atomic E-state index is 0.174. The van der Waals surface area contributed by atoms with Crippen molar-refractivity contribution in [2.45, 2.75) is 0 Å². The first-order valence-corrected chi connectivity index (χ1v) is 6.07. The van der Waals surface area contributed by atoms with E-state index in [1.54, 1.807) is 12.1 Å². The quantitative estimate of drug-likeness (QED) is 0.490. The Morgan fingerprint density at radius 2 is 2.00 bits per heavy atom. The molecule has 1 aromatic carbocycles. The van der Waals surface area contributed by atoms with Crippen molar-refractivity contribution in [2.75, 3.05) is 39.4 Å². The summed E-state index contributed by atoms with van der Waals surface area (Å²) in [4.78, 5) is 10.8. The zero-order valence-corrected chi connectivity index (χ0v) is 10.2. The van der Waals surface area contributed by atoms with Crippen LogP contribution >= 0.6 is 0 Å². The molecule has 18 heavy (non-hydrogen) atoms. The fourth-order valence-electron chi connectivity index (χ4n) is 2.54. The fourth-order valence-corrected chi connectivity index (χ4v) is 2.54. The van der Waals surface area contributed by atoms with Crippen LogP contribution in [-0.2, 0) is 4.74 Å². The van der Waals surface area contributed by atoms with Crippen molar-refractivity contribution >= 4 is 11.4 Å². The molecule has 1 aliphatic rings. The second kappa shape index (κ2) is 5.43. The Hall–Kier alpha value is -1.50. The number of nitrogens with two attached hydrogens (primary N) is 1. The Morgan fingerprint density at radius 1 is 1.33 bits per heavy atom. The van der Waals surface area contributed by atoms with Crippen LogP contribution in [0.4, 0.5) is 11.4 Å². The van der Waals surface area contributed by atoms with Crippen molar-refractivity contribution in [1.29, 1.82) is 0 Å². The van der Waals surface area contributed by atoms with Crippen LogP contribution in [0.5, 0.6) is 0 Å². The zero-order chi connectivity index (χ0) is 13.0. The van der Waals surface area contributed by atoms with Gasteiger partial charge in [-0.05, 0) is 0 Å². The smallest absolute Gasteiger partial charge is 0.329 e. The van der Waals surface area contributed by atoms with E-state index >= 15 is 0 Å². The molecular formula is C12H18N3O3+. The van der Waals surface area contributed by atoms with E-state index in [1.165, 1.54) is 0 Å². The van der Waals surface area contributed by atoms with Gasteiger partial charge in [-0.3, -0.25) is 14.6 Å². The number of nitro benzene ring substituents is 1. The molecule has 1 fully saturated rings. The normalized spacial score (nSPS) is 18.5. The minimum atomic E-state index is -0.318. The molecule has 0 aromatic heterocycles. The molecular weight excluding hydrogens is 234 g/mol. The van der Waals surface area contributed by atoms with Crippen molar-refractivity contribution in [3.8, 4) is 0 Å². The van der Waals surface area contributed by atoms with Gasteiger partial charge in [-0.1, -0.05) is 12.1 Å². The van der Waals surface area contributed by atoms with Gasteiger partial charge in [0, 0.05) is 18.7 Å². The van der Waals surface area contributed by atoms with Crippen LogP contribution in [0.25, 0.3) is 0 Å². The first-order valence-electron chi connectivity index (χ1n) is 6.07. The van der Waals surface area contributed by atoms with Gasteiger partial charge < -0.3 is 10.5 Å². The van der Waals surface area contributed by atoms with Crippen LogP contribution in [0.3, 0.4) is 0 Å². The highest BCUT2D eigenvalue weighted by Gasteiger charge is 2.37. The molecule has 0 bridgehead atoms. The van der Waals surface area contributed by atoms with Gasteiger partial charge in [0.25, 0.3) is 0 Å². The van der Waals surface area contributed by atoms with E-state index in [-0.39, 0.29) is 10.6 Å². The molecule has 2 rings (SSSR count). The van der Waals surface area contributed by atoms with E-state index in [0.717, 1.165) is 18.8 Å². The first-order chi connectivity index (χ1) is 8.69. The van der Waals surface area contributed by atoms with Crippen molar-refractivity contribution < 1.29 is 9.66 Å². The molecule has 0 saturated carbocycles. The van der Waals surface area contributed by atoms with E-state index < -0.39 is 0 Å². The Kier molecular flexibility index (Phi) is 3.90. The summed E-state index contributed by atoms with van der Waals surface area (Å²) in [5, 5.41) is 11.1. The predicted octanol–water partition coefficient (Wildman–Crippen LogP) is 0.891. The maximum absolute atomic E-state index is 11.1. The summed E-state index contributed by atoms with van der Waals surface area (Å²) in [7, 11) is 0. The lowest BCUT2D eigenvalue weighted by atomic mass is 10.1. The molecule has 0 atom stereocenters. The molecule has 0 radical (unpaired) electrons. The van der Waals surface area contributed by atoms with Gasteiger partial charge in [0.1, 0.15) is 13.1 Å². The van der Waals surface area contributed by atoms with Crippen LogP contribution in [0, 0.1) is 10.1 Å². The van der Waals surface area contributed by atoms with E-state index in [9.17, 15) is 10.1 Å². The first kappa shape index (κ1) is 12.9. The molecule has 2 N–H and O–H groups in total. The summed E-state index contributed by atoms with van der Waals surface area (Å²) in [6, 6.07) is 6.93. The monoisotopic (exact) mass is 252 g/mol. The second-order valence-corrected chi connectivity index (χ2v) is 4.46. The highest BCUT2D eigenvalue weighted by atomic mass is 16.6. The van der Waals surface area contributed by atoms with E-state index in [4.69, 9.17) is 10.5 Å². The van der Waals surface area contributed by atoms with Crippen LogP contribution in [0.2, 0.25) is 0 Å². The van der Waals surface area contributed by atoms with Crippen LogP contribution < -0.4 is 10.2 Å². The third-order valence-electron chi connectivity index (χ3n) is 3.47. The van der Waals surface area contributed by atoms with Gasteiger partial charge in [-0.15, -0.1) is 0 Å². The molecule has 98 valence electrons. The lowest BCUT2D eigenvalue weighted by molar-refractivity contribution is -0.384. The van der Waals surface area contributed by atoms with E-state index in [0.29, 0.717) is 30.8 Å². The maximum atomic E-state index is 11.1. The summed E-state index contributed by atoms with van der Waals surface area (Å²) in [5.41, 5.74) is 6.60. The topological polar surface area (TPSA) is 78.4 Å². The van der Waals surface area contributed by atoms with Crippen LogP contribution in [0.15, 0.2) is 24.3 Å². The zero-order valence-electron chi connectivity index (χ0n) is 10.2. The number of nitrogens with zero attached hydrogens (tertiary/aromatic N) is 2. The number of benzene rings is 1. The Labute approximate surface area is 106 Å². The molecule has 0 aliphatic carbocycles. The van der Waals surface area contributed by atoms with Crippen LogP contribution in [0.1, 0.15) is 0 Å². The molecule has 0 amide bonds. The van der Waals surface area contributed by atoms with Crippen molar-refractivity contribution in [3.63, 3.8) is 0 Å². The predicted molar refractivity (Wildman–Crippen MR) is 69.4 cm³/mol. The summed E-state index contributed by atoms with van der Waals surface area (Å²) >= 11 is 0. The third kappa shape index (κ3) is 2.35. The molecule has 1 aromatic rings. The number of para-hydroxylation sites is 2. The Bertz CT molecular complexity index is 425. The molecule has 0 spiro atoms. The Morgan fingerprint density at radius 3 is 2.61 bits per heavy atom. The fraction of sp³-hybridized carbons (Fsp3) is 0.500. The molecule has 6 heteroatoms. The van der Waals surface area contributed by atoms with Gasteiger partial charge >= 0.3 is 5.69 Å². The van der Waals surface area contributed by atoms with Gasteiger partial charge in [0.2, 0.25) is 5.69 Å². The van der Waals surface area contributed by atoms with Gasteiger partial charge in [0.15, 0.2) is 0 Å². The largest absolute Gasteiger partial charge is 0.370 e. The average molecular weight is 252 g/mol. The highest BCUT2D eigenvalue weighted by Crippen LogP contribution is 2.33. The average Bonchev–Trinajstić information content (AvgIpc) is 2.40. The highest BCUT2D eigenvalue weighted by molar-refractivity contribution is 5.60. The number of morpholine rings is 1. The van der Waals surface area contributed by atoms with Crippen molar-refractivity contribution in [2.24, 2.45) is 5.73 Å². The maximum Gasteiger partial charge on any atom is 0.329 e. The number of hydrogen-bond acceptors (Lipinski definition) is 4. The molecule has 1 saturated heterocycles. The third-order valence-corrected chi connectivity index (χ3v) is 3.47. The number of hydrogen-bond donors (Lipinski definition) is 1. The summed E-state index contributed by atoms with van der Waals surface area (Å²) in [6.45, 7) is 3.92. The SMILES string of the molecule is NCC[N+]1(c2ccccc2[N+](=O)[O-])CCOCC1. The Balaban J connectivity index is 2.44. The van der Waals surface area contributed by atoms with E-state index in [1.807, 2.05) is 12.1 Å². The van der Waals surface area contributed by atoms with Gasteiger partial charge in [-0.2, -0.15) is 0 Å². The number of quaternary nitrogens is 1.